The summed E-state index contributed by atoms with van der Waals surface area (Å²) >= 11 is 0. The third-order valence-corrected chi connectivity index (χ3v) is 12.3. The van der Waals surface area contributed by atoms with Crippen LogP contribution in [0.4, 0.5) is 22.0 Å². The molecule has 5 aliphatic rings. The van der Waals surface area contributed by atoms with Gasteiger partial charge in [0.15, 0.2) is 5.78 Å². The van der Waals surface area contributed by atoms with Crippen LogP contribution in [0, 0.1) is 17.3 Å². The summed E-state index contributed by atoms with van der Waals surface area (Å²) in [6, 6.07) is 18.5. The van der Waals surface area contributed by atoms with Crippen molar-refractivity contribution in [3.8, 4) is 0 Å². The Balaban J connectivity index is 1.15. The average Bonchev–Trinajstić information content (AvgIpc) is 3.33. The van der Waals surface area contributed by atoms with Gasteiger partial charge in [-0.3, -0.25) is 14.6 Å². The van der Waals surface area contributed by atoms with Gasteiger partial charge in [0.05, 0.1) is 0 Å². The second kappa shape index (κ2) is 11.9. The molecule has 9 heteroatoms. The lowest BCUT2D eigenvalue weighted by molar-refractivity contribution is -0.362. The molecule has 1 heterocycles. The molecule has 1 saturated heterocycles. The van der Waals surface area contributed by atoms with Crippen LogP contribution in [-0.4, -0.2) is 64.6 Å². The first kappa shape index (κ1) is 32.7. The molecule has 4 aliphatic carbocycles. The first-order valence-corrected chi connectivity index (χ1v) is 17.0. The highest BCUT2D eigenvalue weighted by Gasteiger charge is 2.79. The molecule has 0 amide bonds. The van der Waals surface area contributed by atoms with Crippen molar-refractivity contribution in [2.75, 3.05) is 26.2 Å². The standard InChI is InChI=1S/C38H43F5N2O2/c1-35-22-32(27-9-7-26(8-10-27)24-45-19-17-44(18-20-45)23-25-5-3-2-4-6-25)34-30-14-12-29(46)21-28(30)11-13-31(34)33(35)15-16-36(35,47)37(39,40)38(41,42)43/h2-10,21,31-33,47H,11-20,22-24H2,1H3/t31-,32+,33-,35-,36+/m0/s1. The number of aliphatic hydroxyl groups is 1. The number of allylic oxidation sites excluding steroid dienone is 4. The quantitative estimate of drug-likeness (QED) is 0.323. The Morgan fingerprint density at radius 1 is 0.830 bits per heavy atom. The second-order valence-electron chi connectivity index (χ2n) is 14.7. The Kier molecular flexibility index (Phi) is 8.28. The Bertz CT molecular complexity index is 1560. The predicted octanol–water partition coefficient (Wildman–Crippen LogP) is 7.83. The number of carbonyl (C=O) groups excluding carboxylic acids is 1. The topological polar surface area (TPSA) is 43.8 Å². The summed E-state index contributed by atoms with van der Waals surface area (Å²) in [5, 5.41) is 11.5. The van der Waals surface area contributed by atoms with Crippen molar-refractivity contribution in [2.24, 2.45) is 17.3 Å². The number of benzene rings is 2. The number of alkyl halides is 5. The number of piperazine rings is 1. The lowest BCUT2D eigenvalue weighted by atomic mass is 9.50. The molecule has 47 heavy (non-hydrogen) atoms. The number of fused-ring (bicyclic) bond motifs is 4. The van der Waals surface area contributed by atoms with Gasteiger partial charge in [0.1, 0.15) is 5.60 Å². The van der Waals surface area contributed by atoms with Crippen molar-refractivity contribution in [3.63, 3.8) is 0 Å². The van der Waals surface area contributed by atoms with Crippen LogP contribution in [0.15, 0.2) is 77.4 Å². The van der Waals surface area contributed by atoms with Crippen LogP contribution in [0.25, 0.3) is 0 Å². The number of halogens is 5. The molecule has 0 spiro atoms. The van der Waals surface area contributed by atoms with Crippen molar-refractivity contribution in [1.29, 1.82) is 0 Å². The molecule has 252 valence electrons. The van der Waals surface area contributed by atoms with Crippen LogP contribution in [-0.2, 0) is 17.9 Å². The summed E-state index contributed by atoms with van der Waals surface area (Å²) in [5.41, 5.74) is 1.62. The third kappa shape index (κ3) is 5.50. The summed E-state index contributed by atoms with van der Waals surface area (Å²) in [7, 11) is 0. The highest BCUT2D eigenvalue weighted by Crippen LogP contribution is 2.70. The maximum atomic E-state index is 15.3. The molecular formula is C38H43F5N2O2. The smallest absolute Gasteiger partial charge is 0.383 e. The Morgan fingerprint density at radius 2 is 1.45 bits per heavy atom. The van der Waals surface area contributed by atoms with Crippen LogP contribution in [0.5, 0.6) is 0 Å². The fourth-order valence-corrected chi connectivity index (χ4v) is 9.77. The zero-order valence-electron chi connectivity index (χ0n) is 26.8. The van der Waals surface area contributed by atoms with Crippen molar-refractivity contribution in [1.82, 2.24) is 9.80 Å². The minimum atomic E-state index is -5.85. The zero-order chi connectivity index (χ0) is 33.2. The van der Waals surface area contributed by atoms with E-state index >= 15 is 8.78 Å². The second-order valence-corrected chi connectivity index (χ2v) is 14.7. The number of hydrogen-bond donors (Lipinski definition) is 1. The van der Waals surface area contributed by atoms with Gasteiger partial charge in [0, 0.05) is 57.0 Å². The fraction of sp³-hybridized carbons (Fsp3) is 0.553. The minimum Gasteiger partial charge on any atom is -0.383 e. The maximum Gasteiger partial charge on any atom is 0.456 e. The van der Waals surface area contributed by atoms with E-state index in [-0.39, 0.29) is 24.5 Å². The Labute approximate surface area is 273 Å². The fourth-order valence-electron chi connectivity index (χ4n) is 9.77. The maximum absolute atomic E-state index is 15.3. The molecule has 1 aliphatic heterocycles. The van der Waals surface area contributed by atoms with E-state index in [0.717, 1.165) is 67.1 Å². The van der Waals surface area contributed by atoms with Gasteiger partial charge in [0.25, 0.3) is 0 Å². The van der Waals surface area contributed by atoms with Crippen LogP contribution in [0.1, 0.15) is 74.5 Å². The van der Waals surface area contributed by atoms with E-state index < -0.39 is 41.4 Å². The van der Waals surface area contributed by atoms with E-state index in [1.807, 2.05) is 18.2 Å². The lowest BCUT2D eigenvalue weighted by Gasteiger charge is -2.56. The minimum absolute atomic E-state index is 0.000876. The number of rotatable bonds is 6. The molecule has 0 unspecified atom stereocenters. The van der Waals surface area contributed by atoms with Crippen molar-refractivity contribution in [3.05, 3.63) is 94.1 Å². The molecule has 7 rings (SSSR count). The van der Waals surface area contributed by atoms with Crippen molar-refractivity contribution in [2.45, 2.75) is 88.6 Å². The van der Waals surface area contributed by atoms with Gasteiger partial charge in [-0.2, -0.15) is 22.0 Å². The monoisotopic (exact) mass is 654 g/mol. The largest absolute Gasteiger partial charge is 0.456 e. The first-order valence-electron chi connectivity index (χ1n) is 17.0. The van der Waals surface area contributed by atoms with E-state index in [9.17, 15) is 23.1 Å². The highest BCUT2D eigenvalue weighted by atomic mass is 19.4. The van der Waals surface area contributed by atoms with Crippen molar-refractivity contribution >= 4 is 5.78 Å². The van der Waals surface area contributed by atoms with Crippen LogP contribution >= 0.6 is 0 Å². The van der Waals surface area contributed by atoms with Crippen LogP contribution in [0.2, 0.25) is 0 Å². The van der Waals surface area contributed by atoms with Gasteiger partial charge in [-0.1, -0.05) is 67.1 Å². The van der Waals surface area contributed by atoms with Gasteiger partial charge in [-0.15, -0.1) is 0 Å². The number of ketones is 1. The Morgan fingerprint density at radius 3 is 2.06 bits per heavy atom. The van der Waals surface area contributed by atoms with Gasteiger partial charge in [0.2, 0.25) is 0 Å². The molecule has 0 radical (unpaired) electrons. The third-order valence-electron chi connectivity index (χ3n) is 12.3. The van der Waals surface area contributed by atoms with E-state index in [1.165, 1.54) is 12.5 Å². The first-order chi connectivity index (χ1) is 22.3. The lowest BCUT2D eigenvalue weighted by Crippen LogP contribution is -2.65. The molecule has 2 saturated carbocycles. The summed E-state index contributed by atoms with van der Waals surface area (Å²) in [4.78, 5) is 17.2. The van der Waals surface area contributed by atoms with E-state index in [0.29, 0.717) is 25.7 Å². The molecule has 4 nitrogen and oxygen atoms in total. The highest BCUT2D eigenvalue weighted by molar-refractivity contribution is 5.93. The molecule has 2 aromatic rings. The molecular weight excluding hydrogens is 611 g/mol. The summed E-state index contributed by atoms with van der Waals surface area (Å²) in [6.45, 7) is 6.99. The molecule has 2 aromatic carbocycles. The van der Waals surface area contributed by atoms with Crippen LogP contribution in [0.3, 0.4) is 0 Å². The van der Waals surface area contributed by atoms with E-state index in [2.05, 4.69) is 46.2 Å². The average molecular weight is 655 g/mol. The number of nitrogens with zero attached hydrogens (tertiary/aromatic N) is 2. The van der Waals surface area contributed by atoms with Gasteiger partial charge in [-0.05, 0) is 84.3 Å². The Hall–Kier alpha value is -2.88. The SMILES string of the molecule is C[C@]12C[C@H](c3ccc(CN4CCN(Cc5ccccc5)CC4)cc3)C3=C4CCC(=O)C=C4CC[C@H]3[C@@H]1CC[C@]2(O)C(F)(F)C(F)(F)F. The van der Waals surface area contributed by atoms with Gasteiger partial charge in [-0.25, -0.2) is 0 Å². The summed E-state index contributed by atoms with van der Waals surface area (Å²) in [6.07, 6.45) is -2.51. The van der Waals surface area contributed by atoms with E-state index in [4.69, 9.17) is 0 Å². The predicted molar refractivity (Wildman–Crippen MR) is 170 cm³/mol. The number of hydrogen-bond acceptors (Lipinski definition) is 4. The van der Waals surface area contributed by atoms with E-state index in [1.54, 1.807) is 6.08 Å². The number of carbonyl (C=O) groups is 1. The summed E-state index contributed by atoms with van der Waals surface area (Å²) in [5.74, 6) is -6.30. The molecule has 5 atom stereocenters. The molecule has 0 aromatic heterocycles. The molecule has 1 N–H and O–H groups in total. The van der Waals surface area contributed by atoms with Gasteiger partial charge >= 0.3 is 12.1 Å². The molecule has 0 bridgehead atoms. The van der Waals surface area contributed by atoms with Crippen molar-refractivity contribution < 1.29 is 31.9 Å². The van der Waals surface area contributed by atoms with Crippen LogP contribution < -0.4 is 0 Å². The summed E-state index contributed by atoms with van der Waals surface area (Å²) < 4.78 is 72.1. The normalized spacial score (nSPS) is 32.1. The molecule has 3 fully saturated rings. The van der Waals surface area contributed by atoms with Gasteiger partial charge < -0.3 is 5.11 Å². The zero-order valence-corrected chi connectivity index (χ0v) is 26.8.